The summed E-state index contributed by atoms with van der Waals surface area (Å²) in [5.74, 6) is 0.573. The molecule has 1 atom stereocenters. The van der Waals surface area contributed by atoms with Crippen molar-refractivity contribution >= 4 is 11.6 Å². The Bertz CT molecular complexity index is 604. The predicted octanol–water partition coefficient (Wildman–Crippen LogP) is 1.90. The third-order valence-electron chi connectivity index (χ3n) is 3.79. The molecule has 2 heterocycles. The first-order valence-electron chi connectivity index (χ1n) is 7.26. The van der Waals surface area contributed by atoms with Crippen molar-refractivity contribution in [2.24, 2.45) is 0 Å². The summed E-state index contributed by atoms with van der Waals surface area (Å²) >= 11 is 0. The number of nitrogens with one attached hydrogen (secondary N) is 2. The second-order valence-corrected chi connectivity index (χ2v) is 5.28. The lowest BCUT2D eigenvalue weighted by atomic mass is 10.1. The minimum atomic E-state index is -0.202. The molecule has 0 bridgehead atoms. The van der Waals surface area contributed by atoms with Crippen LogP contribution >= 0.6 is 0 Å². The Labute approximate surface area is 123 Å². The quantitative estimate of drug-likeness (QED) is 0.899. The zero-order valence-electron chi connectivity index (χ0n) is 12.0. The molecular weight excluding hydrogens is 266 g/mol. The zero-order chi connectivity index (χ0) is 14.7. The second-order valence-electron chi connectivity index (χ2n) is 5.28. The van der Waals surface area contributed by atoms with E-state index in [1.807, 2.05) is 31.2 Å². The van der Waals surface area contributed by atoms with Crippen LogP contribution in [0.1, 0.15) is 42.0 Å². The lowest BCUT2D eigenvalue weighted by Gasteiger charge is -2.21. The van der Waals surface area contributed by atoms with Gasteiger partial charge in [-0.2, -0.15) is 5.10 Å². The van der Waals surface area contributed by atoms with Gasteiger partial charge in [-0.15, -0.1) is 0 Å². The molecule has 1 unspecified atom stereocenters. The molecule has 1 aromatic carbocycles. The molecule has 6 nitrogen and oxygen atoms in total. The highest BCUT2D eigenvalue weighted by Gasteiger charge is 2.20. The van der Waals surface area contributed by atoms with Crippen LogP contribution in [0, 0.1) is 0 Å². The summed E-state index contributed by atoms with van der Waals surface area (Å²) in [6, 6.07) is 7.56. The third kappa shape index (κ3) is 2.89. The highest BCUT2D eigenvalue weighted by atomic mass is 16.1. The highest BCUT2D eigenvalue weighted by Crippen LogP contribution is 2.24. The van der Waals surface area contributed by atoms with Gasteiger partial charge in [-0.25, -0.2) is 4.98 Å². The van der Waals surface area contributed by atoms with Crippen molar-refractivity contribution < 1.29 is 4.79 Å². The fourth-order valence-corrected chi connectivity index (χ4v) is 2.67. The highest BCUT2D eigenvalue weighted by molar-refractivity contribution is 6.00. The summed E-state index contributed by atoms with van der Waals surface area (Å²) < 4.78 is 0. The van der Waals surface area contributed by atoms with Crippen molar-refractivity contribution in [1.82, 2.24) is 20.5 Å². The number of carbonyl (C=O) groups excluding carboxylic acids is 1. The van der Waals surface area contributed by atoms with Gasteiger partial charge >= 0.3 is 0 Å². The third-order valence-corrected chi connectivity index (χ3v) is 3.79. The number of H-pyrrole nitrogens is 1. The van der Waals surface area contributed by atoms with Gasteiger partial charge in [0.2, 0.25) is 0 Å². The Morgan fingerprint density at radius 1 is 1.33 bits per heavy atom. The molecule has 0 saturated carbocycles. The molecule has 1 aliphatic heterocycles. The zero-order valence-corrected chi connectivity index (χ0v) is 12.0. The lowest BCUT2D eigenvalue weighted by molar-refractivity contribution is 0.0939. The number of benzene rings is 1. The molecule has 6 heteroatoms. The van der Waals surface area contributed by atoms with Crippen molar-refractivity contribution in [1.29, 1.82) is 0 Å². The molecule has 0 spiro atoms. The van der Waals surface area contributed by atoms with Crippen LogP contribution in [0.25, 0.3) is 0 Å². The minimum absolute atomic E-state index is 0.0820. The normalized spacial score (nSPS) is 16.0. The van der Waals surface area contributed by atoms with Gasteiger partial charge in [-0.05, 0) is 31.9 Å². The van der Waals surface area contributed by atoms with Crippen LogP contribution in [0.3, 0.4) is 0 Å². The molecule has 2 aromatic rings. The van der Waals surface area contributed by atoms with Crippen molar-refractivity contribution in [3.8, 4) is 0 Å². The summed E-state index contributed by atoms with van der Waals surface area (Å²) in [5, 5.41) is 9.55. The van der Waals surface area contributed by atoms with Crippen molar-refractivity contribution in [2.75, 3.05) is 18.0 Å². The first kappa shape index (κ1) is 13.6. The number of aromatic nitrogens is 3. The van der Waals surface area contributed by atoms with Gasteiger partial charge in [-0.3, -0.25) is 9.89 Å². The average molecular weight is 285 g/mol. The van der Waals surface area contributed by atoms with E-state index in [1.54, 1.807) is 0 Å². The Kier molecular flexibility index (Phi) is 3.85. The topological polar surface area (TPSA) is 73.9 Å². The standard InChI is InChI=1S/C15H19N5O/c1-11(14-16-10-17-19-14)18-15(21)12-6-2-3-7-13(12)20-8-4-5-9-20/h2-3,6-7,10-11H,4-5,8-9H2,1H3,(H,18,21)(H,16,17,19). The average Bonchev–Trinajstić information content (AvgIpc) is 3.20. The number of carbonyl (C=O) groups is 1. The molecule has 21 heavy (non-hydrogen) atoms. The van der Waals surface area contributed by atoms with E-state index in [4.69, 9.17) is 0 Å². The van der Waals surface area contributed by atoms with E-state index in [0.717, 1.165) is 18.8 Å². The Morgan fingerprint density at radius 2 is 2.10 bits per heavy atom. The first-order chi connectivity index (χ1) is 10.3. The number of rotatable bonds is 4. The van der Waals surface area contributed by atoms with Crippen LogP contribution in [0.2, 0.25) is 0 Å². The molecule has 110 valence electrons. The summed E-state index contributed by atoms with van der Waals surface area (Å²) in [4.78, 5) is 18.9. The predicted molar refractivity (Wildman–Crippen MR) is 80.2 cm³/mol. The van der Waals surface area contributed by atoms with E-state index in [2.05, 4.69) is 25.4 Å². The molecule has 1 saturated heterocycles. The van der Waals surface area contributed by atoms with E-state index < -0.39 is 0 Å². The van der Waals surface area contributed by atoms with Crippen molar-refractivity contribution in [2.45, 2.75) is 25.8 Å². The number of aromatic amines is 1. The van der Waals surface area contributed by atoms with Gasteiger partial charge in [-0.1, -0.05) is 12.1 Å². The molecule has 1 aliphatic rings. The van der Waals surface area contributed by atoms with Crippen LogP contribution < -0.4 is 10.2 Å². The van der Waals surface area contributed by atoms with Gasteiger partial charge < -0.3 is 10.2 Å². The summed E-state index contributed by atoms with van der Waals surface area (Å²) in [6.45, 7) is 3.92. The Balaban J connectivity index is 1.78. The second kappa shape index (κ2) is 5.95. The number of hydrogen-bond acceptors (Lipinski definition) is 4. The molecule has 1 amide bonds. The first-order valence-corrected chi connectivity index (χ1v) is 7.26. The van der Waals surface area contributed by atoms with E-state index in [-0.39, 0.29) is 11.9 Å². The maximum atomic E-state index is 12.5. The van der Waals surface area contributed by atoms with Crippen LogP contribution in [-0.2, 0) is 0 Å². The van der Waals surface area contributed by atoms with Crippen molar-refractivity contribution in [3.05, 3.63) is 42.0 Å². The smallest absolute Gasteiger partial charge is 0.253 e. The maximum absolute atomic E-state index is 12.5. The fraction of sp³-hybridized carbons (Fsp3) is 0.400. The van der Waals surface area contributed by atoms with Gasteiger partial charge in [0.15, 0.2) is 0 Å². The largest absolute Gasteiger partial charge is 0.371 e. The molecular formula is C15H19N5O. The molecule has 3 rings (SSSR count). The van der Waals surface area contributed by atoms with E-state index in [1.165, 1.54) is 19.2 Å². The lowest BCUT2D eigenvalue weighted by Crippen LogP contribution is -2.30. The van der Waals surface area contributed by atoms with Gasteiger partial charge in [0, 0.05) is 18.8 Å². The number of anilines is 1. The maximum Gasteiger partial charge on any atom is 0.253 e. The van der Waals surface area contributed by atoms with Crippen LogP contribution in [0.4, 0.5) is 5.69 Å². The number of amides is 1. The fourth-order valence-electron chi connectivity index (χ4n) is 2.67. The SMILES string of the molecule is CC(NC(=O)c1ccccc1N1CCCC1)c1ncn[nH]1. The molecule has 0 aliphatic carbocycles. The number of hydrogen-bond donors (Lipinski definition) is 2. The monoisotopic (exact) mass is 285 g/mol. The van der Waals surface area contributed by atoms with E-state index in [0.29, 0.717) is 11.4 Å². The Hall–Kier alpha value is -2.37. The van der Waals surface area contributed by atoms with E-state index in [9.17, 15) is 4.79 Å². The number of nitrogens with zero attached hydrogens (tertiary/aromatic N) is 3. The minimum Gasteiger partial charge on any atom is -0.371 e. The molecule has 2 N–H and O–H groups in total. The summed E-state index contributed by atoms with van der Waals surface area (Å²) in [5.41, 5.74) is 1.73. The summed E-state index contributed by atoms with van der Waals surface area (Å²) in [6.07, 6.45) is 3.81. The molecule has 1 fully saturated rings. The van der Waals surface area contributed by atoms with Crippen LogP contribution in [0.5, 0.6) is 0 Å². The van der Waals surface area contributed by atoms with Crippen molar-refractivity contribution in [3.63, 3.8) is 0 Å². The Morgan fingerprint density at radius 3 is 2.81 bits per heavy atom. The van der Waals surface area contributed by atoms with Gasteiger partial charge in [0.1, 0.15) is 12.2 Å². The van der Waals surface area contributed by atoms with Gasteiger partial charge in [0.05, 0.1) is 11.6 Å². The van der Waals surface area contributed by atoms with Gasteiger partial charge in [0.25, 0.3) is 5.91 Å². The molecule has 0 radical (unpaired) electrons. The summed E-state index contributed by atoms with van der Waals surface area (Å²) in [7, 11) is 0. The van der Waals surface area contributed by atoms with E-state index >= 15 is 0 Å². The molecule has 1 aromatic heterocycles. The number of para-hydroxylation sites is 1. The van der Waals surface area contributed by atoms with Crippen LogP contribution in [-0.4, -0.2) is 34.2 Å². The van der Waals surface area contributed by atoms with Crippen LogP contribution in [0.15, 0.2) is 30.6 Å².